The fourth-order valence-electron chi connectivity index (χ4n) is 3.22. The molecule has 0 bridgehead atoms. The lowest BCUT2D eigenvalue weighted by Gasteiger charge is -2.21. The lowest BCUT2D eigenvalue weighted by atomic mass is 10.2. The van der Waals surface area contributed by atoms with Gasteiger partial charge in [-0.3, -0.25) is 9.93 Å². The summed E-state index contributed by atoms with van der Waals surface area (Å²) in [7, 11) is -3.08. The van der Waals surface area contributed by atoms with Crippen molar-refractivity contribution in [2.45, 2.75) is 24.8 Å². The topological polar surface area (TPSA) is 105 Å². The number of anilines is 3. The predicted molar refractivity (Wildman–Crippen MR) is 139 cm³/mol. The van der Waals surface area contributed by atoms with Crippen molar-refractivity contribution in [1.82, 2.24) is 9.97 Å². The Morgan fingerprint density at radius 3 is 2.23 bits per heavy atom. The zero-order valence-electron chi connectivity index (χ0n) is 19.0. The number of carbonyl (C=O) groups excluding carboxylic acids is 1. The van der Waals surface area contributed by atoms with Crippen molar-refractivity contribution < 1.29 is 18.9 Å². The molecular formula is C25H23ClN4O4S. The smallest absolute Gasteiger partial charge is 0.338 e. The molecule has 0 aliphatic heterocycles. The number of para-hydroxylation sites is 2. The first-order chi connectivity index (χ1) is 16.6. The molecule has 0 amide bonds. The molecule has 0 spiro atoms. The van der Waals surface area contributed by atoms with E-state index in [1.165, 1.54) is 24.3 Å². The number of esters is 1. The average Bonchev–Trinajstić information content (AvgIpc) is 2.83. The van der Waals surface area contributed by atoms with E-state index >= 15 is 0 Å². The number of benzene rings is 3. The molecule has 0 radical (unpaired) electrons. The molecule has 0 fully saturated rings. The molecule has 0 saturated carbocycles. The van der Waals surface area contributed by atoms with Gasteiger partial charge in [0.2, 0.25) is 5.82 Å². The van der Waals surface area contributed by atoms with Crippen LogP contribution >= 0.6 is 11.6 Å². The van der Waals surface area contributed by atoms with Crippen molar-refractivity contribution >= 4 is 61.5 Å². The minimum atomic E-state index is -3.08. The maximum absolute atomic E-state index is 13.4. The molecule has 3 aromatic carbocycles. The van der Waals surface area contributed by atoms with Crippen LogP contribution in [0.4, 0.5) is 17.3 Å². The third-order valence-electron chi connectivity index (χ3n) is 4.90. The zero-order valence-corrected chi connectivity index (χ0v) is 20.6. The Morgan fingerprint density at radius 1 is 1.03 bits per heavy atom. The normalized spacial score (nSPS) is 12.8. The monoisotopic (exact) mass is 510 g/mol. The number of carbonyl (C=O) groups is 1. The molecule has 180 valence electrons. The van der Waals surface area contributed by atoms with E-state index in [1.807, 2.05) is 0 Å². The molecule has 1 unspecified atom stereocenters. The van der Waals surface area contributed by atoms with E-state index in [-0.39, 0.29) is 17.7 Å². The highest BCUT2D eigenvalue weighted by Crippen LogP contribution is 2.31. The van der Waals surface area contributed by atoms with E-state index in [0.717, 1.165) is 5.06 Å². The molecule has 0 aliphatic rings. The van der Waals surface area contributed by atoms with Crippen LogP contribution in [0, 0.1) is 0 Å². The summed E-state index contributed by atoms with van der Waals surface area (Å²) in [5.74, 6) is 3.42. The Hall–Kier alpha value is -3.66. The van der Waals surface area contributed by atoms with Crippen LogP contribution in [-0.4, -0.2) is 37.3 Å². The van der Waals surface area contributed by atoms with Crippen LogP contribution in [0.25, 0.3) is 11.0 Å². The molecule has 35 heavy (non-hydrogen) atoms. The number of nitrogens with one attached hydrogen (secondary N) is 1. The van der Waals surface area contributed by atoms with Crippen molar-refractivity contribution in [3.8, 4) is 0 Å². The molecule has 1 heterocycles. The highest BCUT2D eigenvalue weighted by Gasteiger charge is 2.20. The zero-order chi connectivity index (χ0) is 25.2. The lowest BCUT2D eigenvalue weighted by molar-refractivity contribution is 0.0378. The third-order valence-corrected chi connectivity index (χ3v) is 6.71. The number of fused-ring (bicyclic) bond motifs is 1. The first kappa shape index (κ1) is 24.5. The number of nitrogens with zero attached hydrogens (tertiary/aromatic N) is 3. The molecular weight excluding hydrogens is 488 g/mol. The van der Waals surface area contributed by atoms with Gasteiger partial charge in [-0.05, 0) is 80.4 Å². The molecule has 8 nitrogen and oxygen atoms in total. The van der Waals surface area contributed by atoms with E-state index in [2.05, 4.69) is 20.6 Å². The molecule has 4 rings (SSSR count). The Labute approximate surface area is 208 Å². The van der Waals surface area contributed by atoms with Gasteiger partial charge in [-0.25, -0.2) is 24.0 Å². The van der Waals surface area contributed by atoms with Gasteiger partial charge in [0, 0.05) is 9.92 Å². The van der Waals surface area contributed by atoms with Gasteiger partial charge in [0.15, 0.2) is 5.82 Å². The van der Waals surface area contributed by atoms with Gasteiger partial charge in [0.05, 0.1) is 38.1 Å². The van der Waals surface area contributed by atoms with E-state index in [4.69, 9.17) is 16.3 Å². The maximum atomic E-state index is 13.4. The molecule has 1 atom stereocenters. The Morgan fingerprint density at radius 2 is 1.63 bits per heavy atom. The van der Waals surface area contributed by atoms with Crippen LogP contribution < -0.4 is 9.79 Å². The fourth-order valence-corrected chi connectivity index (χ4v) is 4.49. The summed E-state index contributed by atoms with van der Waals surface area (Å²) in [4.78, 5) is 21.6. The van der Waals surface area contributed by atoms with Gasteiger partial charge in [0.1, 0.15) is 0 Å². The summed E-state index contributed by atoms with van der Waals surface area (Å²) in [5.41, 5.74) is 1.69. The van der Waals surface area contributed by atoms with Crippen LogP contribution in [-0.2, 0) is 14.4 Å². The summed E-state index contributed by atoms with van der Waals surface area (Å²) in [6, 6.07) is 19.7. The first-order valence-electron chi connectivity index (χ1n) is 10.6. The SMILES string of the molecule is C=S(=O)(Nc1nc2ccccc2nc1N(O)c1ccc(C(=O)OC(C)C)cc1)c1ccc(Cl)cc1. The number of rotatable bonds is 7. The third kappa shape index (κ3) is 5.54. The summed E-state index contributed by atoms with van der Waals surface area (Å²) in [5, 5.41) is 12.4. The summed E-state index contributed by atoms with van der Waals surface area (Å²) >= 11 is 5.95. The molecule has 2 N–H and O–H groups in total. The standard InChI is InChI=1S/C25H23ClN4O4S/c1-16(2)34-25(31)17-8-12-19(13-9-17)30(32)24-23(27-21-6-4-5-7-22(21)28-24)29-35(3,33)20-14-10-18(26)11-15-20/h4-16,32H,3H2,1-2H3,(H,27,29,33). The van der Waals surface area contributed by atoms with Gasteiger partial charge in [0.25, 0.3) is 0 Å². The van der Waals surface area contributed by atoms with Gasteiger partial charge in [-0.15, -0.1) is 0 Å². The maximum Gasteiger partial charge on any atom is 0.338 e. The second-order valence-corrected chi connectivity index (χ2v) is 10.4. The van der Waals surface area contributed by atoms with Crippen molar-refractivity contribution in [2.75, 3.05) is 9.79 Å². The number of ether oxygens (including phenoxy) is 1. The average molecular weight is 511 g/mol. The predicted octanol–water partition coefficient (Wildman–Crippen LogP) is 5.48. The second-order valence-electron chi connectivity index (χ2n) is 7.93. The number of hydrogen-bond donors (Lipinski definition) is 2. The Bertz CT molecular complexity index is 1470. The van der Waals surface area contributed by atoms with Crippen LogP contribution in [0.15, 0.2) is 77.7 Å². The van der Waals surface area contributed by atoms with Gasteiger partial charge >= 0.3 is 5.97 Å². The minimum absolute atomic E-state index is 0.00606. The highest BCUT2D eigenvalue weighted by atomic mass is 35.5. The van der Waals surface area contributed by atoms with Gasteiger partial charge in [-0.1, -0.05) is 23.7 Å². The van der Waals surface area contributed by atoms with E-state index in [0.29, 0.717) is 32.2 Å². The van der Waals surface area contributed by atoms with Gasteiger partial charge < -0.3 is 4.74 Å². The van der Waals surface area contributed by atoms with E-state index < -0.39 is 15.7 Å². The number of hydrogen-bond acceptors (Lipinski definition) is 7. The first-order valence-corrected chi connectivity index (χ1v) is 12.7. The molecule has 4 aromatic rings. The molecule has 0 aliphatic carbocycles. The fraction of sp³-hybridized carbons (Fsp3) is 0.120. The second kappa shape index (κ2) is 9.91. The largest absolute Gasteiger partial charge is 0.459 e. The van der Waals surface area contributed by atoms with Gasteiger partial charge in [-0.2, -0.15) is 0 Å². The summed E-state index contributed by atoms with van der Waals surface area (Å²) in [6.45, 7) is 3.53. The molecule has 10 heteroatoms. The number of aromatic nitrogens is 2. The van der Waals surface area contributed by atoms with Crippen LogP contribution in [0.1, 0.15) is 24.2 Å². The lowest BCUT2D eigenvalue weighted by Crippen LogP contribution is -2.20. The number of halogens is 1. The Kier molecular flexibility index (Phi) is 6.93. The van der Waals surface area contributed by atoms with Crippen LogP contribution in [0.5, 0.6) is 0 Å². The molecule has 1 aromatic heterocycles. The summed E-state index contributed by atoms with van der Waals surface area (Å²) < 4.78 is 21.5. The van der Waals surface area contributed by atoms with E-state index in [1.54, 1.807) is 62.4 Å². The summed E-state index contributed by atoms with van der Waals surface area (Å²) in [6.07, 6.45) is -0.254. The quantitative estimate of drug-likeness (QED) is 0.193. The van der Waals surface area contributed by atoms with Crippen molar-refractivity contribution in [3.05, 3.63) is 83.4 Å². The van der Waals surface area contributed by atoms with Crippen molar-refractivity contribution in [2.24, 2.45) is 0 Å². The van der Waals surface area contributed by atoms with Crippen molar-refractivity contribution in [1.29, 1.82) is 0 Å². The Balaban J connectivity index is 1.73. The van der Waals surface area contributed by atoms with E-state index in [9.17, 15) is 14.2 Å². The molecule has 0 saturated heterocycles. The highest BCUT2D eigenvalue weighted by molar-refractivity contribution is 8.01. The van der Waals surface area contributed by atoms with Crippen LogP contribution in [0.2, 0.25) is 5.02 Å². The minimum Gasteiger partial charge on any atom is -0.459 e. The van der Waals surface area contributed by atoms with Crippen molar-refractivity contribution in [3.63, 3.8) is 0 Å². The van der Waals surface area contributed by atoms with Crippen LogP contribution in [0.3, 0.4) is 0 Å².